The fourth-order valence-electron chi connectivity index (χ4n) is 3.16. The van der Waals surface area contributed by atoms with Crippen LogP contribution in [0.1, 0.15) is 24.6 Å². The van der Waals surface area contributed by atoms with Gasteiger partial charge in [0, 0.05) is 29.4 Å². The molecule has 3 heterocycles. The number of H-pyrrole nitrogens is 1. The third-order valence-electron chi connectivity index (χ3n) is 4.91. The monoisotopic (exact) mass is 425 g/mol. The van der Waals surface area contributed by atoms with Gasteiger partial charge in [0.15, 0.2) is 5.75 Å². The minimum absolute atomic E-state index is 0. The third kappa shape index (κ3) is 4.96. The molecule has 7 nitrogen and oxygen atoms in total. The van der Waals surface area contributed by atoms with E-state index in [0.29, 0.717) is 37.1 Å². The zero-order valence-corrected chi connectivity index (χ0v) is 16.8. The van der Waals surface area contributed by atoms with Crippen LogP contribution in [0.2, 0.25) is 0 Å². The fourth-order valence-corrected chi connectivity index (χ4v) is 4.26. The first-order chi connectivity index (χ1) is 13.6. The fraction of sp³-hybridized carbons (Fsp3) is 0.400. The number of aromatic amines is 1. The van der Waals surface area contributed by atoms with Crippen molar-refractivity contribution >= 4 is 51.8 Å². The SMILES string of the molecule is CCC1(COc2ccnc(C[S+]([O-])c3nc4ccccc4[nH]3)c2C)OCCO1.[NaH]. The van der Waals surface area contributed by atoms with Gasteiger partial charge >= 0.3 is 34.7 Å². The molecule has 1 aliphatic rings. The molecule has 2 aromatic heterocycles. The predicted molar refractivity (Wildman–Crippen MR) is 113 cm³/mol. The van der Waals surface area contributed by atoms with E-state index < -0.39 is 17.0 Å². The Kier molecular flexibility index (Phi) is 7.61. The zero-order valence-electron chi connectivity index (χ0n) is 15.9. The van der Waals surface area contributed by atoms with Crippen LogP contribution in [0.25, 0.3) is 11.0 Å². The normalized spacial score (nSPS) is 16.5. The van der Waals surface area contributed by atoms with Crippen molar-refractivity contribution in [2.75, 3.05) is 19.8 Å². The van der Waals surface area contributed by atoms with Crippen LogP contribution in [0.5, 0.6) is 5.75 Å². The van der Waals surface area contributed by atoms with Gasteiger partial charge in [-0.3, -0.25) is 9.97 Å². The number of nitrogens with one attached hydrogen (secondary N) is 1. The molecular formula is C20H24N3NaO4S. The maximum atomic E-state index is 12.8. The molecule has 1 aliphatic heterocycles. The van der Waals surface area contributed by atoms with Gasteiger partial charge in [0.25, 0.3) is 0 Å². The van der Waals surface area contributed by atoms with Crippen molar-refractivity contribution in [3.8, 4) is 5.75 Å². The number of aromatic nitrogens is 3. The van der Waals surface area contributed by atoms with E-state index in [9.17, 15) is 4.55 Å². The van der Waals surface area contributed by atoms with E-state index in [4.69, 9.17) is 14.2 Å². The molecule has 1 N–H and O–H groups in total. The first kappa shape index (κ1) is 22.6. The average molecular weight is 425 g/mol. The van der Waals surface area contributed by atoms with Gasteiger partial charge in [0.05, 0.1) is 29.9 Å². The van der Waals surface area contributed by atoms with Crippen molar-refractivity contribution < 1.29 is 18.8 Å². The molecule has 3 aromatic rings. The summed E-state index contributed by atoms with van der Waals surface area (Å²) in [6, 6.07) is 9.43. The molecule has 0 spiro atoms. The molecule has 1 fully saturated rings. The molecule has 4 rings (SSSR count). The van der Waals surface area contributed by atoms with Crippen LogP contribution >= 0.6 is 0 Å². The summed E-state index contributed by atoms with van der Waals surface area (Å²) < 4.78 is 30.2. The molecule has 0 aliphatic carbocycles. The number of benzene rings is 1. The summed E-state index contributed by atoms with van der Waals surface area (Å²) >= 11 is -1.34. The van der Waals surface area contributed by atoms with Crippen molar-refractivity contribution in [3.63, 3.8) is 0 Å². The number of fused-ring (bicyclic) bond motifs is 1. The predicted octanol–water partition coefficient (Wildman–Crippen LogP) is 2.46. The molecule has 1 unspecified atom stereocenters. The first-order valence-electron chi connectivity index (χ1n) is 9.28. The Bertz CT molecular complexity index is 929. The van der Waals surface area contributed by atoms with Gasteiger partial charge in [0.1, 0.15) is 12.4 Å². The van der Waals surface area contributed by atoms with Crippen LogP contribution in [0, 0.1) is 6.92 Å². The van der Waals surface area contributed by atoms with Crippen molar-refractivity contribution in [1.29, 1.82) is 0 Å². The second kappa shape index (κ2) is 9.78. The first-order valence-corrected chi connectivity index (χ1v) is 10.6. The number of hydrogen-bond donors (Lipinski definition) is 1. The maximum absolute atomic E-state index is 12.8. The van der Waals surface area contributed by atoms with Crippen LogP contribution < -0.4 is 4.74 Å². The van der Waals surface area contributed by atoms with Crippen molar-refractivity contribution in [3.05, 3.63) is 47.8 Å². The van der Waals surface area contributed by atoms with Crippen LogP contribution in [0.3, 0.4) is 0 Å². The number of para-hydroxylation sites is 2. The number of rotatable bonds is 7. The molecule has 0 radical (unpaired) electrons. The molecule has 9 heteroatoms. The van der Waals surface area contributed by atoms with Crippen molar-refractivity contribution in [2.45, 2.75) is 37.0 Å². The van der Waals surface area contributed by atoms with Gasteiger partial charge in [-0.1, -0.05) is 19.1 Å². The number of nitrogens with zero attached hydrogens (tertiary/aromatic N) is 2. The minimum atomic E-state index is -1.34. The summed E-state index contributed by atoms with van der Waals surface area (Å²) in [4.78, 5) is 11.9. The molecule has 1 saturated heterocycles. The average Bonchev–Trinajstić information content (AvgIpc) is 3.36. The summed E-state index contributed by atoms with van der Waals surface area (Å²) in [5, 5.41) is 0.450. The van der Waals surface area contributed by atoms with E-state index in [1.165, 1.54) is 0 Å². The van der Waals surface area contributed by atoms with Gasteiger partial charge in [0.2, 0.25) is 5.79 Å². The molecule has 1 aromatic carbocycles. The Labute approximate surface area is 195 Å². The Hall–Kier alpha value is -1.13. The van der Waals surface area contributed by atoms with E-state index in [-0.39, 0.29) is 35.3 Å². The summed E-state index contributed by atoms with van der Waals surface area (Å²) in [6.07, 6.45) is 2.38. The van der Waals surface area contributed by atoms with Crippen LogP contribution in [0.4, 0.5) is 0 Å². The molecule has 29 heavy (non-hydrogen) atoms. The number of hydrogen-bond acceptors (Lipinski definition) is 6. The van der Waals surface area contributed by atoms with Gasteiger partial charge in [-0.05, 0) is 25.1 Å². The van der Waals surface area contributed by atoms with Crippen LogP contribution in [-0.2, 0) is 26.4 Å². The molecular weight excluding hydrogens is 401 g/mol. The Morgan fingerprint density at radius 1 is 1.24 bits per heavy atom. The van der Waals surface area contributed by atoms with E-state index in [0.717, 1.165) is 22.3 Å². The Morgan fingerprint density at radius 3 is 2.72 bits per heavy atom. The number of imidazole rings is 1. The number of pyridine rings is 1. The Morgan fingerprint density at radius 2 is 2.00 bits per heavy atom. The van der Waals surface area contributed by atoms with Crippen LogP contribution in [-0.4, -0.2) is 74.7 Å². The zero-order chi connectivity index (χ0) is 19.6. The van der Waals surface area contributed by atoms with E-state index in [1.807, 2.05) is 38.1 Å². The molecule has 150 valence electrons. The molecule has 0 bridgehead atoms. The van der Waals surface area contributed by atoms with Crippen LogP contribution in [0.15, 0.2) is 41.7 Å². The second-order valence-electron chi connectivity index (χ2n) is 6.68. The van der Waals surface area contributed by atoms with Gasteiger partial charge < -0.3 is 18.8 Å². The van der Waals surface area contributed by atoms with Crippen molar-refractivity contribution in [2.24, 2.45) is 0 Å². The molecule has 0 saturated carbocycles. The van der Waals surface area contributed by atoms with E-state index in [1.54, 1.807) is 12.3 Å². The summed E-state index contributed by atoms with van der Waals surface area (Å²) in [6.45, 7) is 5.39. The molecule has 0 amide bonds. The molecule has 1 atom stereocenters. The topological polar surface area (TPSA) is 92.3 Å². The van der Waals surface area contributed by atoms with E-state index in [2.05, 4.69) is 15.0 Å². The second-order valence-corrected chi connectivity index (χ2v) is 8.05. The summed E-state index contributed by atoms with van der Waals surface area (Å²) in [7, 11) is 0. The summed E-state index contributed by atoms with van der Waals surface area (Å²) in [5.41, 5.74) is 3.24. The third-order valence-corrected chi connectivity index (χ3v) is 6.07. The quantitative estimate of drug-likeness (QED) is 0.462. The van der Waals surface area contributed by atoms with E-state index >= 15 is 0 Å². The summed E-state index contributed by atoms with van der Waals surface area (Å²) in [5.74, 6) is 0.264. The standard InChI is InChI=1S/C20H23N3O4S.Na.H/c1-3-20(26-10-11-27-20)13-25-18-8-9-21-17(14(18)2)12-28(24)19-22-15-6-4-5-7-16(15)23-19;;/h4-9H,3,10-13H2,1-2H3,(H,22,23);;. The van der Waals surface area contributed by atoms with Gasteiger partial charge in [-0.15, -0.1) is 0 Å². The number of ether oxygens (including phenoxy) is 3. The Balaban J connectivity index is 0.00000240. The van der Waals surface area contributed by atoms with Gasteiger partial charge in [-0.2, -0.15) is 4.98 Å². The van der Waals surface area contributed by atoms with Gasteiger partial charge in [-0.25, -0.2) is 0 Å². The van der Waals surface area contributed by atoms with Crippen molar-refractivity contribution in [1.82, 2.24) is 15.0 Å².